The number of ether oxygens (including phenoxy) is 1. The highest BCUT2D eigenvalue weighted by atomic mass is 19.1. The van der Waals surface area contributed by atoms with Crippen LogP contribution in [0.3, 0.4) is 0 Å². The summed E-state index contributed by atoms with van der Waals surface area (Å²) >= 11 is 0. The Morgan fingerprint density at radius 1 is 1.29 bits per heavy atom. The number of carbonyl (C=O) groups is 2. The molecule has 2 fully saturated rings. The summed E-state index contributed by atoms with van der Waals surface area (Å²) in [4.78, 5) is 25.4. The minimum absolute atomic E-state index is 0.118. The highest BCUT2D eigenvalue weighted by Gasteiger charge is 2.39. The number of anilines is 1. The van der Waals surface area contributed by atoms with Gasteiger partial charge < -0.3 is 10.1 Å². The van der Waals surface area contributed by atoms with Crippen LogP contribution in [0.4, 0.5) is 10.1 Å². The first-order valence-corrected chi connectivity index (χ1v) is 7.12. The van der Waals surface area contributed by atoms with E-state index in [2.05, 4.69) is 5.32 Å². The third-order valence-electron chi connectivity index (χ3n) is 3.85. The Kier molecular flexibility index (Phi) is 3.98. The molecule has 2 saturated heterocycles. The molecule has 112 valence electrons. The van der Waals surface area contributed by atoms with E-state index in [0.29, 0.717) is 12.2 Å². The first-order valence-electron chi connectivity index (χ1n) is 7.12. The first-order chi connectivity index (χ1) is 10.1. The largest absolute Gasteiger partial charge is 0.377 e. The molecule has 2 atom stereocenters. The lowest BCUT2D eigenvalue weighted by Crippen LogP contribution is -2.41. The molecule has 2 heterocycles. The lowest BCUT2D eigenvalue weighted by atomic mass is 10.2. The summed E-state index contributed by atoms with van der Waals surface area (Å²) in [5.74, 6) is -0.952. The number of imide groups is 1. The molecule has 0 saturated carbocycles. The summed E-state index contributed by atoms with van der Waals surface area (Å²) in [5.41, 5.74) is 0.410. The maximum absolute atomic E-state index is 12.9. The number of nitrogens with zero attached hydrogens (tertiary/aromatic N) is 1. The summed E-state index contributed by atoms with van der Waals surface area (Å²) in [6.07, 6.45) is 2.26. The topological polar surface area (TPSA) is 58.6 Å². The maximum Gasteiger partial charge on any atom is 0.251 e. The summed E-state index contributed by atoms with van der Waals surface area (Å²) in [5, 5.41) is 3.10. The van der Waals surface area contributed by atoms with Crippen LogP contribution in [0.2, 0.25) is 0 Å². The van der Waals surface area contributed by atoms with E-state index in [9.17, 15) is 14.0 Å². The predicted molar refractivity (Wildman–Crippen MR) is 74.3 cm³/mol. The van der Waals surface area contributed by atoms with E-state index in [0.717, 1.165) is 24.3 Å². The highest BCUT2D eigenvalue weighted by Crippen LogP contribution is 2.23. The van der Waals surface area contributed by atoms with Crippen molar-refractivity contribution in [3.05, 3.63) is 30.1 Å². The van der Waals surface area contributed by atoms with Crippen LogP contribution in [0.15, 0.2) is 24.3 Å². The van der Waals surface area contributed by atoms with Crippen molar-refractivity contribution in [3.63, 3.8) is 0 Å². The number of amides is 2. The van der Waals surface area contributed by atoms with Crippen LogP contribution < -0.4 is 10.2 Å². The van der Waals surface area contributed by atoms with Gasteiger partial charge in [-0.15, -0.1) is 0 Å². The second-order valence-corrected chi connectivity index (χ2v) is 5.34. The summed E-state index contributed by atoms with van der Waals surface area (Å²) in [6, 6.07) is 4.83. The number of rotatable bonds is 4. The fourth-order valence-electron chi connectivity index (χ4n) is 2.73. The standard InChI is InChI=1S/C15H17FN2O3/c16-10-3-5-11(6-4-10)18-14(19)8-13(15(18)20)17-9-12-2-1-7-21-12/h3-6,12-13,17H,1-2,7-9H2/t12-,13-/m1/s1. The lowest BCUT2D eigenvalue weighted by Gasteiger charge is -2.17. The van der Waals surface area contributed by atoms with Gasteiger partial charge in [-0.25, -0.2) is 9.29 Å². The van der Waals surface area contributed by atoms with Crippen molar-refractivity contribution in [3.8, 4) is 0 Å². The van der Waals surface area contributed by atoms with E-state index in [-0.39, 0.29) is 24.3 Å². The summed E-state index contributed by atoms with van der Waals surface area (Å²) in [6.45, 7) is 1.33. The molecular weight excluding hydrogens is 275 g/mol. The SMILES string of the molecule is O=C1C[C@@H](NC[C@H]2CCCO2)C(=O)N1c1ccc(F)cc1. The van der Waals surface area contributed by atoms with E-state index in [1.165, 1.54) is 24.3 Å². The monoisotopic (exact) mass is 292 g/mol. The van der Waals surface area contributed by atoms with Gasteiger partial charge in [-0.2, -0.15) is 0 Å². The number of hydrogen-bond donors (Lipinski definition) is 1. The number of carbonyl (C=O) groups excluding carboxylic acids is 2. The minimum atomic E-state index is -0.522. The van der Waals surface area contributed by atoms with Crippen LogP contribution in [-0.4, -0.2) is 37.1 Å². The molecule has 0 spiro atoms. The van der Waals surface area contributed by atoms with Gasteiger partial charge >= 0.3 is 0 Å². The molecule has 2 aliphatic rings. The van der Waals surface area contributed by atoms with Crippen LogP contribution in [0.25, 0.3) is 0 Å². The zero-order chi connectivity index (χ0) is 14.8. The van der Waals surface area contributed by atoms with Gasteiger partial charge in [-0.3, -0.25) is 9.59 Å². The van der Waals surface area contributed by atoms with E-state index in [1.807, 2.05) is 0 Å². The second kappa shape index (κ2) is 5.91. The Balaban J connectivity index is 1.65. The molecule has 6 heteroatoms. The van der Waals surface area contributed by atoms with Crippen LogP contribution in [0, 0.1) is 5.82 Å². The molecule has 0 bridgehead atoms. The molecule has 5 nitrogen and oxygen atoms in total. The van der Waals surface area contributed by atoms with Gasteiger partial charge in [0.05, 0.1) is 24.3 Å². The van der Waals surface area contributed by atoms with Gasteiger partial charge in [-0.05, 0) is 37.1 Å². The van der Waals surface area contributed by atoms with Crippen LogP contribution in [-0.2, 0) is 14.3 Å². The summed E-state index contributed by atoms with van der Waals surface area (Å²) in [7, 11) is 0. The van der Waals surface area contributed by atoms with Crippen molar-refractivity contribution in [1.82, 2.24) is 5.32 Å². The third-order valence-corrected chi connectivity index (χ3v) is 3.85. The van der Waals surface area contributed by atoms with Gasteiger partial charge in [0.25, 0.3) is 5.91 Å². The lowest BCUT2D eigenvalue weighted by molar-refractivity contribution is -0.121. The minimum Gasteiger partial charge on any atom is -0.377 e. The Morgan fingerprint density at radius 2 is 2.05 bits per heavy atom. The van der Waals surface area contributed by atoms with Crippen molar-refractivity contribution in [2.24, 2.45) is 0 Å². The van der Waals surface area contributed by atoms with E-state index in [4.69, 9.17) is 4.74 Å². The molecule has 1 aromatic carbocycles. The number of hydrogen-bond acceptors (Lipinski definition) is 4. The molecule has 3 rings (SSSR count). The third kappa shape index (κ3) is 2.96. The number of halogens is 1. The Bertz CT molecular complexity index is 540. The van der Waals surface area contributed by atoms with Gasteiger partial charge in [0.15, 0.2) is 0 Å². The van der Waals surface area contributed by atoms with Crippen molar-refractivity contribution >= 4 is 17.5 Å². The zero-order valence-corrected chi connectivity index (χ0v) is 11.5. The van der Waals surface area contributed by atoms with Crippen LogP contribution in [0.1, 0.15) is 19.3 Å². The smallest absolute Gasteiger partial charge is 0.251 e. The second-order valence-electron chi connectivity index (χ2n) is 5.34. The van der Waals surface area contributed by atoms with Crippen molar-refractivity contribution in [2.75, 3.05) is 18.1 Å². The Labute approximate surface area is 122 Å². The number of benzene rings is 1. The van der Waals surface area contributed by atoms with Gasteiger partial charge in [0.1, 0.15) is 5.82 Å². The molecule has 21 heavy (non-hydrogen) atoms. The zero-order valence-electron chi connectivity index (χ0n) is 11.5. The molecule has 2 aliphatic heterocycles. The molecule has 2 amide bonds. The fourth-order valence-corrected chi connectivity index (χ4v) is 2.73. The van der Waals surface area contributed by atoms with Crippen LogP contribution in [0.5, 0.6) is 0 Å². The molecule has 0 aliphatic carbocycles. The van der Waals surface area contributed by atoms with E-state index >= 15 is 0 Å². The Morgan fingerprint density at radius 3 is 2.71 bits per heavy atom. The molecule has 1 N–H and O–H groups in total. The van der Waals surface area contributed by atoms with Crippen molar-refractivity contribution < 1.29 is 18.7 Å². The molecular formula is C15H17FN2O3. The first kappa shape index (κ1) is 14.2. The molecule has 0 aromatic heterocycles. The number of nitrogens with one attached hydrogen (secondary N) is 1. The molecule has 1 aromatic rings. The highest BCUT2D eigenvalue weighted by molar-refractivity contribution is 6.22. The predicted octanol–water partition coefficient (Wildman–Crippen LogP) is 1.23. The van der Waals surface area contributed by atoms with Crippen molar-refractivity contribution in [1.29, 1.82) is 0 Å². The van der Waals surface area contributed by atoms with E-state index in [1.54, 1.807) is 0 Å². The van der Waals surface area contributed by atoms with Gasteiger partial charge in [-0.1, -0.05) is 0 Å². The average Bonchev–Trinajstić information content (AvgIpc) is 3.07. The van der Waals surface area contributed by atoms with E-state index < -0.39 is 11.9 Å². The van der Waals surface area contributed by atoms with Gasteiger partial charge in [0, 0.05) is 13.2 Å². The molecule has 0 unspecified atom stereocenters. The Hall–Kier alpha value is -1.79. The summed E-state index contributed by atoms with van der Waals surface area (Å²) < 4.78 is 18.4. The van der Waals surface area contributed by atoms with Crippen LogP contribution >= 0.6 is 0 Å². The average molecular weight is 292 g/mol. The normalized spacial score (nSPS) is 25.9. The molecule has 0 radical (unpaired) electrons. The maximum atomic E-state index is 12.9. The quantitative estimate of drug-likeness (QED) is 0.848. The fraction of sp³-hybridized carbons (Fsp3) is 0.467. The van der Waals surface area contributed by atoms with Gasteiger partial charge in [0.2, 0.25) is 5.91 Å². The van der Waals surface area contributed by atoms with Crippen molar-refractivity contribution in [2.45, 2.75) is 31.4 Å².